The molecule has 2 fully saturated rings. The van der Waals surface area contributed by atoms with Crippen LogP contribution in [0.15, 0.2) is 48.5 Å². The number of thiazole rings is 1. The first-order valence-corrected chi connectivity index (χ1v) is 10.4. The Morgan fingerprint density at radius 3 is 2.68 bits per heavy atom. The van der Waals surface area contributed by atoms with Crippen molar-refractivity contribution in [3.63, 3.8) is 0 Å². The number of esters is 1. The molecule has 6 heteroatoms. The summed E-state index contributed by atoms with van der Waals surface area (Å²) in [6, 6.07) is 15.6. The van der Waals surface area contributed by atoms with Crippen LogP contribution in [-0.2, 0) is 20.5 Å². The third kappa shape index (κ3) is 2.09. The van der Waals surface area contributed by atoms with Gasteiger partial charge in [-0.05, 0) is 31.0 Å². The first-order chi connectivity index (χ1) is 13.6. The lowest BCUT2D eigenvalue weighted by atomic mass is 9.91. The van der Waals surface area contributed by atoms with E-state index in [4.69, 9.17) is 9.72 Å². The van der Waals surface area contributed by atoms with Crippen LogP contribution in [0.4, 0.5) is 0 Å². The second-order valence-electron chi connectivity index (χ2n) is 7.97. The normalized spacial score (nSPS) is 24.6. The summed E-state index contributed by atoms with van der Waals surface area (Å²) in [7, 11) is 0. The molecule has 3 aromatic rings. The highest BCUT2D eigenvalue weighted by Crippen LogP contribution is 2.53. The Morgan fingerprint density at radius 1 is 1.07 bits per heavy atom. The van der Waals surface area contributed by atoms with E-state index < -0.39 is 11.0 Å². The number of carbonyl (C=O) groups is 2. The number of hydrogen-bond acceptors (Lipinski definition) is 5. The maximum absolute atomic E-state index is 13.5. The van der Waals surface area contributed by atoms with Crippen LogP contribution in [0.5, 0.6) is 0 Å². The Balaban J connectivity index is 1.32. The Bertz CT molecular complexity index is 1120. The molecule has 1 amide bonds. The van der Waals surface area contributed by atoms with E-state index in [0.29, 0.717) is 25.1 Å². The lowest BCUT2D eigenvalue weighted by molar-refractivity contribution is -0.134. The SMILES string of the molecule is O=C1O[C@]2(CCN(C(=O)C3(c4nc5ccccc5s4)CC3)C2)c2ccccc21. The topological polar surface area (TPSA) is 59.5 Å². The number of rotatable bonds is 2. The van der Waals surface area contributed by atoms with Crippen molar-refractivity contribution in [2.45, 2.75) is 30.3 Å². The molecule has 1 saturated carbocycles. The van der Waals surface area contributed by atoms with Gasteiger partial charge in [-0.3, -0.25) is 4.79 Å². The van der Waals surface area contributed by atoms with Crippen LogP contribution < -0.4 is 0 Å². The van der Waals surface area contributed by atoms with E-state index in [0.717, 1.165) is 33.6 Å². The molecule has 0 bridgehead atoms. The van der Waals surface area contributed by atoms with Crippen molar-refractivity contribution < 1.29 is 14.3 Å². The van der Waals surface area contributed by atoms with Crippen LogP contribution >= 0.6 is 11.3 Å². The van der Waals surface area contributed by atoms with E-state index >= 15 is 0 Å². The number of ether oxygens (including phenoxy) is 1. The molecule has 1 aromatic heterocycles. The fourth-order valence-electron chi connectivity index (χ4n) is 4.63. The zero-order chi connectivity index (χ0) is 18.9. The molecule has 6 rings (SSSR count). The van der Waals surface area contributed by atoms with Crippen molar-refractivity contribution in [1.82, 2.24) is 9.88 Å². The van der Waals surface area contributed by atoms with Crippen molar-refractivity contribution in [2.75, 3.05) is 13.1 Å². The fourth-order valence-corrected chi connectivity index (χ4v) is 5.83. The number of fused-ring (bicyclic) bond motifs is 3. The summed E-state index contributed by atoms with van der Waals surface area (Å²) in [4.78, 5) is 32.4. The number of aromatic nitrogens is 1. The summed E-state index contributed by atoms with van der Waals surface area (Å²) in [6.07, 6.45) is 2.33. The van der Waals surface area contributed by atoms with Crippen molar-refractivity contribution in [3.8, 4) is 0 Å². The molecule has 0 N–H and O–H groups in total. The van der Waals surface area contributed by atoms with Gasteiger partial charge in [0.05, 0.1) is 22.3 Å². The van der Waals surface area contributed by atoms with Crippen molar-refractivity contribution >= 4 is 33.4 Å². The largest absolute Gasteiger partial charge is 0.449 e. The summed E-state index contributed by atoms with van der Waals surface area (Å²) < 4.78 is 6.92. The lowest BCUT2D eigenvalue weighted by Crippen LogP contribution is -2.40. The average molecular weight is 390 g/mol. The molecule has 1 atom stereocenters. The molecule has 0 radical (unpaired) electrons. The van der Waals surface area contributed by atoms with Crippen LogP contribution in [-0.4, -0.2) is 34.8 Å². The Morgan fingerprint density at radius 2 is 1.86 bits per heavy atom. The third-order valence-corrected chi connectivity index (χ3v) is 7.55. The Labute approximate surface area is 165 Å². The van der Waals surface area contributed by atoms with Crippen LogP contribution in [0.25, 0.3) is 10.2 Å². The van der Waals surface area contributed by atoms with Gasteiger partial charge in [-0.15, -0.1) is 11.3 Å². The van der Waals surface area contributed by atoms with E-state index in [1.54, 1.807) is 17.4 Å². The summed E-state index contributed by atoms with van der Waals surface area (Å²) >= 11 is 1.62. The first kappa shape index (κ1) is 16.2. The second kappa shape index (κ2) is 5.41. The Kier molecular flexibility index (Phi) is 3.14. The number of benzene rings is 2. The van der Waals surface area contributed by atoms with Gasteiger partial charge in [-0.2, -0.15) is 0 Å². The van der Waals surface area contributed by atoms with E-state index in [9.17, 15) is 9.59 Å². The van der Waals surface area contributed by atoms with Crippen molar-refractivity contribution in [3.05, 3.63) is 64.7 Å². The van der Waals surface area contributed by atoms with E-state index in [1.807, 2.05) is 41.3 Å². The quantitative estimate of drug-likeness (QED) is 0.627. The van der Waals surface area contributed by atoms with E-state index in [2.05, 4.69) is 6.07 Å². The van der Waals surface area contributed by atoms with Gasteiger partial charge in [0.25, 0.3) is 0 Å². The van der Waals surface area contributed by atoms with Crippen molar-refractivity contribution in [2.24, 2.45) is 0 Å². The molecule has 3 heterocycles. The fraction of sp³-hybridized carbons (Fsp3) is 0.318. The molecule has 0 unspecified atom stereocenters. The molecular weight excluding hydrogens is 372 g/mol. The van der Waals surface area contributed by atoms with Crippen LogP contribution in [0, 0.1) is 0 Å². The highest BCUT2D eigenvalue weighted by molar-refractivity contribution is 7.18. The van der Waals surface area contributed by atoms with Gasteiger partial charge in [0.15, 0.2) is 5.60 Å². The average Bonchev–Trinajstić information content (AvgIpc) is 3.11. The molecule has 5 nitrogen and oxygen atoms in total. The smallest absolute Gasteiger partial charge is 0.339 e. The van der Waals surface area contributed by atoms with Gasteiger partial charge in [-0.1, -0.05) is 30.3 Å². The molecule has 28 heavy (non-hydrogen) atoms. The minimum absolute atomic E-state index is 0.129. The zero-order valence-corrected chi connectivity index (χ0v) is 16.0. The van der Waals surface area contributed by atoms with Crippen molar-refractivity contribution in [1.29, 1.82) is 0 Å². The van der Waals surface area contributed by atoms with Crippen LogP contribution in [0.3, 0.4) is 0 Å². The Hall–Kier alpha value is -2.73. The van der Waals surface area contributed by atoms with Gasteiger partial charge < -0.3 is 9.64 Å². The van der Waals surface area contributed by atoms with E-state index in [-0.39, 0.29) is 11.9 Å². The minimum Gasteiger partial charge on any atom is -0.449 e. The highest BCUT2D eigenvalue weighted by atomic mass is 32.1. The third-order valence-electron chi connectivity index (χ3n) is 6.31. The van der Waals surface area contributed by atoms with E-state index in [1.165, 1.54) is 0 Å². The number of likely N-dealkylation sites (tertiary alicyclic amines) is 1. The molecule has 1 saturated heterocycles. The second-order valence-corrected chi connectivity index (χ2v) is 9.01. The predicted molar refractivity (Wildman–Crippen MR) is 105 cm³/mol. The number of para-hydroxylation sites is 1. The maximum Gasteiger partial charge on any atom is 0.339 e. The predicted octanol–water partition coefficient (Wildman–Crippen LogP) is 3.63. The standard InChI is InChI=1S/C22H18N2O3S/c25-18-14-5-1-2-6-15(14)22(27-18)11-12-24(13-22)20(26)21(9-10-21)19-23-16-7-3-4-8-17(16)28-19/h1-8H,9-13H2/t22-/m0/s1. The first-order valence-electron chi connectivity index (χ1n) is 9.60. The molecule has 140 valence electrons. The number of nitrogens with zero attached hydrogens (tertiary/aromatic N) is 2. The zero-order valence-electron chi connectivity index (χ0n) is 15.2. The summed E-state index contributed by atoms with van der Waals surface area (Å²) in [6.45, 7) is 1.04. The number of amides is 1. The number of hydrogen-bond donors (Lipinski definition) is 0. The van der Waals surface area contributed by atoms with Gasteiger partial charge in [0, 0.05) is 18.5 Å². The highest BCUT2D eigenvalue weighted by Gasteiger charge is 2.59. The van der Waals surface area contributed by atoms with Gasteiger partial charge in [0.1, 0.15) is 10.4 Å². The maximum atomic E-state index is 13.5. The molecular formula is C22H18N2O3S. The lowest BCUT2D eigenvalue weighted by Gasteiger charge is -2.26. The summed E-state index contributed by atoms with van der Waals surface area (Å²) in [5.74, 6) is -0.152. The molecule has 2 aromatic carbocycles. The molecule has 1 aliphatic carbocycles. The van der Waals surface area contributed by atoms with Gasteiger partial charge in [-0.25, -0.2) is 9.78 Å². The number of carbonyl (C=O) groups excluding carboxylic acids is 2. The minimum atomic E-state index is -0.687. The molecule has 2 aliphatic heterocycles. The van der Waals surface area contributed by atoms with Crippen LogP contribution in [0.2, 0.25) is 0 Å². The molecule has 3 aliphatic rings. The molecule has 1 spiro atoms. The summed E-state index contributed by atoms with van der Waals surface area (Å²) in [5, 5.41) is 0.920. The van der Waals surface area contributed by atoms with Gasteiger partial charge >= 0.3 is 5.97 Å². The van der Waals surface area contributed by atoms with Crippen LogP contribution in [0.1, 0.15) is 40.2 Å². The summed E-state index contributed by atoms with van der Waals surface area (Å²) in [5.41, 5.74) is 1.33. The van der Waals surface area contributed by atoms with Gasteiger partial charge in [0.2, 0.25) is 5.91 Å². The monoisotopic (exact) mass is 390 g/mol.